The van der Waals surface area contributed by atoms with Crippen molar-refractivity contribution in [3.63, 3.8) is 0 Å². The van der Waals surface area contributed by atoms with E-state index in [9.17, 15) is 4.79 Å². The molecule has 1 heterocycles. The van der Waals surface area contributed by atoms with Crippen LogP contribution in [-0.4, -0.2) is 29.7 Å². The van der Waals surface area contributed by atoms with E-state index in [4.69, 9.17) is 16.7 Å². The Labute approximate surface area is 112 Å². The Hall–Kier alpha value is -1.29. The molecule has 0 aromatic carbocycles. The van der Waals surface area contributed by atoms with Gasteiger partial charge in [-0.1, -0.05) is 24.4 Å². The molecule has 0 spiro atoms. The second kappa shape index (κ2) is 5.57. The second-order valence-corrected chi connectivity index (χ2v) is 5.23. The first-order valence-corrected chi connectivity index (χ1v) is 6.56. The summed E-state index contributed by atoms with van der Waals surface area (Å²) >= 11 is 5.85. The van der Waals surface area contributed by atoms with Gasteiger partial charge in [-0.2, -0.15) is 0 Å². The van der Waals surface area contributed by atoms with Crippen LogP contribution in [0.25, 0.3) is 0 Å². The van der Waals surface area contributed by atoms with Gasteiger partial charge in [0.15, 0.2) is 0 Å². The molecule has 5 heteroatoms. The molecule has 18 heavy (non-hydrogen) atoms. The molecule has 4 nitrogen and oxygen atoms in total. The van der Waals surface area contributed by atoms with Crippen molar-refractivity contribution in [3.05, 3.63) is 22.8 Å². The van der Waals surface area contributed by atoms with Crippen LogP contribution in [0.2, 0.25) is 5.15 Å². The fourth-order valence-electron chi connectivity index (χ4n) is 2.55. The number of halogens is 1. The highest BCUT2D eigenvalue weighted by Crippen LogP contribution is 2.28. The maximum absolute atomic E-state index is 11.2. The second-order valence-electron chi connectivity index (χ2n) is 4.84. The molecule has 0 bridgehead atoms. The van der Waals surface area contributed by atoms with Crippen LogP contribution in [0, 0.1) is 5.92 Å². The number of aromatic carboxylic acids is 1. The first kappa shape index (κ1) is 13.1. The fraction of sp³-hybridized carbons (Fsp3) is 0.538. The van der Waals surface area contributed by atoms with Crippen LogP contribution in [0.15, 0.2) is 12.1 Å². The van der Waals surface area contributed by atoms with Gasteiger partial charge in [0.05, 0.1) is 0 Å². The van der Waals surface area contributed by atoms with E-state index in [0.29, 0.717) is 16.9 Å². The average molecular weight is 269 g/mol. The van der Waals surface area contributed by atoms with Crippen molar-refractivity contribution in [1.29, 1.82) is 0 Å². The number of carboxylic acid groups (broad SMARTS) is 1. The van der Waals surface area contributed by atoms with Gasteiger partial charge in [0.2, 0.25) is 0 Å². The molecule has 0 unspecified atom stereocenters. The normalized spacial score (nSPS) is 15.9. The number of nitrogens with zero attached hydrogens (tertiary/aromatic N) is 2. The molecular formula is C13H17ClN2O2. The summed E-state index contributed by atoms with van der Waals surface area (Å²) in [5, 5.41) is 9.48. The Kier molecular flexibility index (Phi) is 4.07. The minimum absolute atomic E-state index is 0.208. The molecule has 0 amide bonds. The molecule has 1 aliphatic rings. The molecule has 98 valence electrons. The number of hydrogen-bond donors (Lipinski definition) is 1. The summed E-state index contributed by atoms with van der Waals surface area (Å²) in [7, 11) is 1.88. The standard InChI is InChI=1S/C13H17ClN2O2/c1-16(8-9-4-2-3-5-9)12-10(13(17)18)6-7-11(14)15-12/h6-7,9H,2-5,8H2,1H3,(H,17,18). The Morgan fingerprint density at radius 1 is 1.50 bits per heavy atom. The molecule has 0 radical (unpaired) electrons. The Morgan fingerprint density at radius 3 is 2.78 bits per heavy atom. The summed E-state index contributed by atoms with van der Waals surface area (Å²) in [6, 6.07) is 3.02. The molecular weight excluding hydrogens is 252 g/mol. The number of carbonyl (C=O) groups is 1. The van der Waals surface area contributed by atoms with Gasteiger partial charge in [-0.3, -0.25) is 0 Å². The van der Waals surface area contributed by atoms with Crippen LogP contribution in [0.4, 0.5) is 5.82 Å². The number of carboxylic acids is 1. The highest BCUT2D eigenvalue weighted by atomic mass is 35.5. The third kappa shape index (κ3) is 2.93. The van der Waals surface area contributed by atoms with Crippen molar-refractivity contribution >= 4 is 23.4 Å². The molecule has 0 atom stereocenters. The van der Waals surface area contributed by atoms with Crippen molar-refractivity contribution in [2.75, 3.05) is 18.5 Å². The maximum atomic E-state index is 11.2. The number of pyridine rings is 1. The first-order valence-electron chi connectivity index (χ1n) is 6.19. The van der Waals surface area contributed by atoms with Crippen molar-refractivity contribution in [2.24, 2.45) is 5.92 Å². The minimum atomic E-state index is -0.965. The summed E-state index contributed by atoms with van der Waals surface area (Å²) < 4.78 is 0. The Balaban J connectivity index is 2.19. The van der Waals surface area contributed by atoms with E-state index in [0.717, 1.165) is 6.54 Å². The molecule has 1 N–H and O–H groups in total. The first-order chi connectivity index (χ1) is 8.58. The lowest BCUT2D eigenvalue weighted by molar-refractivity contribution is 0.0697. The summed E-state index contributed by atoms with van der Waals surface area (Å²) in [6.07, 6.45) is 4.97. The predicted octanol–water partition coefficient (Wildman–Crippen LogP) is 3.06. The van der Waals surface area contributed by atoms with E-state index in [1.807, 2.05) is 11.9 Å². The van der Waals surface area contributed by atoms with Gasteiger partial charge in [0.25, 0.3) is 0 Å². The number of rotatable bonds is 4. The minimum Gasteiger partial charge on any atom is -0.478 e. The van der Waals surface area contributed by atoms with Gasteiger partial charge in [-0.25, -0.2) is 9.78 Å². The number of anilines is 1. The lowest BCUT2D eigenvalue weighted by Gasteiger charge is -2.23. The predicted molar refractivity (Wildman–Crippen MR) is 71.4 cm³/mol. The van der Waals surface area contributed by atoms with E-state index in [1.165, 1.54) is 37.8 Å². The highest BCUT2D eigenvalue weighted by Gasteiger charge is 2.21. The van der Waals surface area contributed by atoms with E-state index in [-0.39, 0.29) is 5.56 Å². The van der Waals surface area contributed by atoms with Crippen molar-refractivity contribution in [1.82, 2.24) is 4.98 Å². The highest BCUT2D eigenvalue weighted by molar-refractivity contribution is 6.29. The van der Waals surface area contributed by atoms with E-state index < -0.39 is 5.97 Å². The lowest BCUT2D eigenvalue weighted by Crippen LogP contribution is -2.26. The van der Waals surface area contributed by atoms with Crippen LogP contribution < -0.4 is 4.90 Å². The van der Waals surface area contributed by atoms with E-state index >= 15 is 0 Å². The van der Waals surface area contributed by atoms with Crippen LogP contribution >= 0.6 is 11.6 Å². The van der Waals surface area contributed by atoms with Crippen molar-refractivity contribution < 1.29 is 9.90 Å². The van der Waals surface area contributed by atoms with Crippen LogP contribution in [0.3, 0.4) is 0 Å². The molecule has 1 fully saturated rings. The number of aromatic nitrogens is 1. The quantitative estimate of drug-likeness (QED) is 0.853. The third-order valence-corrected chi connectivity index (χ3v) is 3.65. The molecule has 2 rings (SSSR count). The summed E-state index contributed by atoms with van der Waals surface area (Å²) in [5.74, 6) is 0.131. The van der Waals surface area contributed by atoms with E-state index in [1.54, 1.807) is 0 Å². The van der Waals surface area contributed by atoms with Crippen LogP contribution in [-0.2, 0) is 0 Å². The fourth-order valence-corrected chi connectivity index (χ4v) is 2.69. The van der Waals surface area contributed by atoms with Gasteiger partial charge in [-0.15, -0.1) is 0 Å². The van der Waals surface area contributed by atoms with Gasteiger partial charge < -0.3 is 10.0 Å². The monoisotopic (exact) mass is 268 g/mol. The third-order valence-electron chi connectivity index (χ3n) is 3.44. The lowest BCUT2D eigenvalue weighted by atomic mass is 10.1. The van der Waals surface area contributed by atoms with Crippen molar-refractivity contribution in [2.45, 2.75) is 25.7 Å². The maximum Gasteiger partial charge on any atom is 0.339 e. The molecule has 0 aliphatic heterocycles. The molecule has 1 saturated carbocycles. The molecule has 1 aliphatic carbocycles. The Bertz CT molecular complexity index is 445. The molecule has 0 saturated heterocycles. The molecule has 1 aromatic heterocycles. The van der Waals surface area contributed by atoms with Gasteiger partial charge in [-0.05, 0) is 30.9 Å². The van der Waals surface area contributed by atoms with E-state index in [2.05, 4.69) is 4.98 Å². The summed E-state index contributed by atoms with van der Waals surface area (Å²) in [6.45, 7) is 0.841. The zero-order chi connectivity index (χ0) is 13.1. The summed E-state index contributed by atoms with van der Waals surface area (Å²) in [5.41, 5.74) is 0.208. The van der Waals surface area contributed by atoms with Gasteiger partial charge in [0.1, 0.15) is 16.5 Å². The van der Waals surface area contributed by atoms with Crippen molar-refractivity contribution in [3.8, 4) is 0 Å². The zero-order valence-electron chi connectivity index (χ0n) is 10.4. The zero-order valence-corrected chi connectivity index (χ0v) is 11.2. The van der Waals surface area contributed by atoms with Crippen LogP contribution in [0.5, 0.6) is 0 Å². The van der Waals surface area contributed by atoms with Gasteiger partial charge >= 0.3 is 5.97 Å². The molecule has 1 aromatic rings. The smallest absolute Gasteiger partial charge is 0.339 e. The number of hydrogen-bond acceptors (Lipinski definition) is 3. The SMILES string of the molecule is CN(CC1CCCC1)c1nc(Cl)ccc1C(=O)O. The topological polar surface area (TPSA) is 53.4 Å². The summed E-state index contributed by atoms with van der Waals surface area (Å²) in [4.78, 5) is 17.2. The van der Waals surface area contributed by atoms with Crippen LogP contribution in [0.1, 0.15) is 36.0 Å². The Morgan fingerprint density at radius 2 is 2.17 bits per heavy atom. The van der Waals surface area contributed by atoms with Gasteiger partial charge in [0, 0.05) is 13.6 Å². The average Bonchev–Trinajstić information content (AvgIpc) is 2.81. The largest absolute Gasteiger partial charge is 0.478 e.